The minimum Gasteiger partial charge on any atom is -0.330 e. The second-order valence-electron chi connectivity index (χ2n) is 4.86. The second-order valence-corrected chi connectivity index (χ2v) is 5.24. The first-order chi connectivity index (χ1) is 8.83. The summed E-state index contributed by atoms with van der Waals surface area (Å²) in [6.07, 6.45) is 6.12. The zero-order valence-corrected chi connectivity index (χ0v) is 11.1. The number of aromatic nitrogens is 3. The molecule has 0 atom stereocenters. The first kappa shape index (κ1) is 11.9. The molecule has 0 amide bonds. The summed E-state index contributed by atoms with van der Waals surface area (Å²) in [5.74, 6) is 0. The van der Waals surface area contributed by atoms with Crippen molar-refractivity contribution in [2.75, 3.05) is 19.6 Å². The van der Waals surface area contributed by atoms with E-state index >= 15 is 0 Å². The summed E-state index contributed by atoms with van der Waals surface area (Å²) in [6, 6.07) is 3.91. The van der Waals surface area contributed by atoms with Crippen molar-refractivity contribution in [3.05, 3.63) is 23.5 Å². The molecule has 96 valence electrons. The lowest BCUT2D eigenvalue weighted by molar-refractivity contribution is 0.221. The van der Waals surface area contributed by atoms with Gasteiger partial charge in [0.2, 0.25) is 0 Å². The molecule has 1 aliphatic rings. The Labute approximate surface area is 112 Å². The normalized spacial score (nSPS) is 17.4. The molecule has 0 spiro atoms. The van der Waals surface area contributed by atoms with E-state index in [1.165, 1.54) is 32.4 Å². The average molecular weight is 265 g/mol. The van der Waals surface area contributed by atoms with Crippen molar-refractivity contribution in [1.82, 2.24) is 19.7 Å². The van der Waals surface area contributed by atoms with Crippen LogP contribution in [0, 0.1) is 0 Å². The molecule has 0 bridgehead atoms. The predicted octanol–water partition coefficient (Wildman–Crippen LogP) is 2.57. The molecule has 2 aromatic heterocycles. The Morgan fingerprint density at radius 2 is 1.94 bits per heavy atom. The smallest absolute Gasteiger partial charge is 0.162 e. The summed E-state index contributed by atoms with van der Waals surface area (Å²) >= 11 is 5.84. The summed E-state index contributed by atoms with van der Waals surface area (Å²) in [5, 5.41) is 9.60. The quantitative estimate of drug-likeness (QED) is 0.855. The first-order valence-corrected chi connectivity index (χ1v) is 6.91. The lowest BCUT2D eigenvalue weighted by atomic mass is 10.1. The molecule has 0 N–H and O–H groups in total. The van der Waals surface area contributed by atoms with Gasteiger partial charge in [0.25, 0.3) is 0 Å². The van der Waals surface area contributed by atoms with Crippen LogP contribution < -0.4 is 0 Å². The SMILES string of the molecule is Clc1cc2ccn(CCN3CCCCC3)c2nn1. The summed E-state index contributed by atoms with van der Waals surface area (Å²) in [4.78, 5) is 2.53. The molecule has 0 aliphatic carbocycles. The van der Waals surface area contributed by atoms with Crippen LogP contribution in [-0.4, -0.2) is 39.3 Å². The summed E-state index contributed by atoms with van der Waals surface area (Å²) in [6.45, 7) is 4.53. The number of nitrogens with zero attached hydrogens (tertiary/aromatic N) is 4. The van der Waals surface area contributed by atoms with Gasteiger partial charge in [-0.1, -0.05) is 18.0 Å². The van der Waals surface area contributed by atoms with Gasteiger partial charge in [-0.2, -0.15) is 0 Å². The fraction of sp³-hybridized carbons (Fsp3) is 0.538. The van der Waals surface area contributed by atoms with Crippen molar-refractivity contribution in [3.8, 4) is 0 Å². The van der Waals surface area contributed by atoms with Gasteiger partial charge in [-0.05, 0) is 38.1 Å². The van der Waals surface area contributed by atoms with Gasteiger partial charge in [0, 0.05) is 24.7 Å². The van der Waals surface area contributed by atoms with E-state index in [0.717, 1.165) is 24.1 Å². The van der Waals surface area contributed by atoms with E-state index in [9.17, 15) is 0 Å². The standard InChI is InChI=1S/C13H17ClN4/c14-12-10-11-4-7-18(13(11)16-15-12)9-8-17-5-2-1-3-6-17/h4,7,10H,1-3,5-6,8-9H2. The third kappa shape index (κ3) is 2.49. The molecular formula is C13H17ClN4. The fourth-order valence-electron chi connectivity index (χ4n) is 2.57. The highest BCUT2D eigenvalue weighted by Crippen LogP contribution is 2.16. The predicted molar refractivity (Wildman–Crippen MR) is 72.8 cm³/mol. The summed E-state index contributed by atoms with van der Waals surface area (Å²) < 4.78 is 2.16. The fourth-order valence-corrected chi connectivity index (χ4v) is 2.73. The van der Waals surface area contributed by atoms with Gasteiger partial charge in [0.05, 0.1) is 0 Å². The molecule has 1 saturated heterocycles. The third-order valence-corrected chi connectivity index (χ3v) is 3.77. The van der Waals surface area contributed by atoms with Gasteiger partial charge in [-0.25, -0.2) is 0 Å². The first-order valence-electron chi connectivity index (χ1n) is 6.53. The van der Waals surface area contributed by atoms with Crippen LogP contribution in [0.1, 0.15) is 19.3 Å². The van der Waals surface area contributed by atoms with E-state index in [1.807, 2.05) is 12.1 Å². The van der Waals surface area contributed by atoms with E-state index in [-0.39, 0.29) is 0 Å². The van der Waals surface area contributed by atoms with Crippen LogP contribution in [0.3, 0.4) is 0 Å². The van der Waals surface area contributed by atoms with E-state index < -0.39 is 0 Å². The lowest BCUT2D eigenvalue weighted by Gasteiger charge is -2.26. The number of hydrogen-bond donors (Lipinski definition) is 0. The molecule has 0 saturated carbocycles. The Morgan fingerprint density at radius 1 is 1.11 bits per heavy atom. The maximum absolute atomic E-state index is 5.84. The van der Waals surface area contributed by atoms with E-state index in [2.05, 4.69) is 25.9 Å². The average Bonchev–Trinajstić information content (AvgIpc) is 2.80. The lowest BCUT2D eigenvalue weighted by Crippen LogP contribution is -2.32. The van der Waals surface area contributed by atoms with Crippen molar-refractivity contribution >= 4 is 22.6 Å². The van der Waals surface area contributed by atoms with Gasteiger partial charge in [0.15, 0.2) is 10.8 Å². The number of halogens is 1. The van der Waals surface area contributed by atoms with Gasteiger partial charge in [0.1, 0.15) is 0 Å². The molecule has 0 radical (unpaired) electrons. The van der Waals surface area contributed by atoms with Gasteiger partial charge in [-0.3, -0.25) is 0 Å². The molecular weight excluding hydrogens is 248 g/mol. The highest BCUT2D eigenvalue weighted by Gasteiger charge is 2.10. The monoisotopic (exact) mass is 264 g/mol. The molecule has 3 heterocycles. The van der Waals surface area contributed by atoms with E-state index in [1.54, 1.807) is 0 Å². The second kappa shape index (κ2) is 5.24. The summed E-state index contributed by atoms with van der Waals surface area (Å²) in [5.41, 5.74) is 0.927. The minimum atomic E-state index is 0.455. The molecule has 5 heteroatoms. The van der Waals surface area contributed by atoms with Crippen molar-refractivity contribution in [2.24, 2.45) is 0 Å². The van der Waals surface area contributed by atoms with Crippen LogP contribution in [0.5, 0.6) is 0 Å². The molecule has 1 fully saturated rings. The zero-order valence-electron chi connectivity index (χ0n) is 10.3. The van der Waals surface area contributed by atoms with Gasteiger partial charge in [-0.15, -0.1) is 10.2 Å². The maximum atomic E-state index is 5.84. The largest absolute Gasteiger partial charge is 0.330 e. The molecule has 2 aromatic rings. The molecule has 4 nitrogen and oxygen atoms in total. The highest BCUT2D eigenvalue weighted by molar-refractivity contribution is 6.29. The van der Waals surface area contributed by atoms with Gasteiger partial charge >= 0.3 is 0 Å². The van der Waals surface area contributed by atoms with Crippen LogP contribution in [0.2, 0.25) is 5.15 Å². The maximum Gasteiger partial charge on any atom is 0.162 e. The van der Waals surface area contributed by atoms with Crippen molar-refractivity contribution in [3.63, 3.8) is 0 Å². The molecule has 18 heavy (non-hydrogen) atoms. The van der Waals surface area contributed by atoms with Crippen LogP contribution in [-0.2, 0) is 6.54 Å². The Morgan fingerprint density at radius 3 is 2.78 bits per heavy atom. The number of rotatable bonds is 3. The third-order valence-electron chi connectivity index (χ3n) is 3.58. The Kier molecular flexibility index (Phi) is 3.48. The number of piperidine rings is 1. The topological polar surface area (TPSA) is 34.0 Å². The zero-order chi connectivity index (χ0) is 12.4. The van der Waals surface area contributed by atoms with Crippen LogP contribution in [0.4, 0.5) is 0 Å². The van der Waals surface area contributed by atoms with E-state index in [4.69, 9.17) is 11.6 Å². The van der Waals surface area contributed by atoms with Crippen LogP contribution in [0.15, 0.2) is 18.3 Å². The van der Waals surface area contributed by atoms with Crippen molar-refractivity contribution in [2.45, 2.75) is 25.8 Å². The minimum absolute atomic E-state index is 0.455. The molecule has 0 aromatic carbocycles. The molecule has 3 rings (SSSR count). The van der Waals surface area contributed by atoms with Crippen LogP contribution >= 0.6 is 11.6 Å². The Bertz CT molecular complexity index is 531. The number of likely N-dealkylation sites (tertiary alicyclic amines) is 1. The van der Waals surface area contributed by atoms with Crippen molar-refractivity contribution in [1.29, 1.82) is 0 Å². The number of fused-ring (bicyclic) bond motifs is 1. The Balaban J connectivity index is 1.70. The highest BCUT2D eigenvalue weighted by atomic mass is 35.5. The molecule has 0 unspecified atom stereocenters. The van der Waals surface area contributed by atoms with Gasteiger partial charge < -0.3 is 9.47 Å². The van der Waals surface area contributed by atoms with E-state index in [0.29, 0.717) is 5.15 Å². The Hall–Kier alpha value is -1.13. The molecule has 1 aliphatic heterocycles. The number of hydrogen-bond acceptors (Lipinski definition) is 3. The summed E-state index contributed by atoms with van der Waals surface area (Å²) in [7, 11) is 0. The van der Waals surface area contributed by atoms with Crippen LogP contribution in [0.25, 0.3) is 11.0 Å². The van der Waals surface area contributed by atoms with Crippen molar-refractivity contribution < 1.29 is 0 Å².